The lowest BCUT2D eigenvalue weighted by atomic mass is 10.2. The van der Waals surface area contributed by atoms with E-state index in [0.29, 0.717) is 0 Å². The molecule has 2 heteroatoms. The quantitative estimate of drug-likeness (QED) is 0.366. The molecule has 0 bridgehead atoms. The molecular formula is C10H16O2. The van der Waals surface area contributed by atoms with Gasteiger partial charge in [0, 0.05) is 0 Å². The SMILES string of the molecule is CCC=CC=COC(=O)C(C)C. The topological polar surface area (TPSA) is 26.3 Å². The van der Waals surface area contributed by atoms with E-state index in [1.54, 1.807) is 19.9 Å². The molecule has 0 aromatic heterocycles. The maximum absolute atomic E-state index is 10.9. The van der Waals surface area contributed by atoms with Crippen molar-refractivity contribution in [2.45, 2.75) is 27.2 Å². The third-order valence-electron chi connectivity index (χ3n) is 1.22. The van der Waals surface area contributed by atoms with Crippen LogP contribution in [0.3, 0.4) is 0 Å². The molecule has 2 nitrogen and oxygen atoms in total. The summed E-state index contributed by atoms with van der Waals surface area (Å²) >= 11 is 0. The second kappa shape index (κ2) is 6.65. The normalized spacial score (nSPS) is 11.7. The first-order valence-corrected chi connectivity index (χ1v) is 4.20. The standard InChI is InChI=1S/C10H16O2/c1-4-5-6-7-8-12-10(11)9(2)3/h5-9H,4H2,1-3H3. The van der Waals surface area contributed by atoms with Gasteiger partial charge in [-0.15, -0.1) is 0 Å². The van der Waals surface area contributed by atoms with Gasteiger partial charge in [0.1, 0.15) is 0 Å². The second-order valence-corrected chi connectivity index (χ2v) is 2.76. The lowest BCUT2D eigenvalue weighted by molar-refractivity contribution is -0.141. The fraction of sp³-hybridized carbons (Fsp3) is 0.500. The van der Waals surface area contributed by atoms with Crippen LogP contribution in [0.5, 0.6) is 0 Å². The summed E-state index contributed by atoms with van der Waals surface area (Å²) in [7, 11) is 0. The number of esters is 1. The minimum absolute atomic E-state index is 0.0650. The van der Waals surface area contributed by atoms with Crippen LogP contribution >= 0.6 is 0 Å². The smallest absolute Gasteiger partial charge is 0.313 e. The van der Waals surface area contributed by atoms with Crippen LogP contribution in [0.2, 0.25) is 0 Å². The van der Waals surface area contributed by atoms with E-state index >= 15 is 0 Å². The van der Waals surface area contributed by atoms with Gasteiger partial charge in [0.2, 0.25) is 0 Å². The Bertz CT molecular complexity index is 178. The lowest BCUT2D eigenvalue weighted by Gasteiger charge is -1.99. The van der Waals surface area contributed by atoms with Gasteiger partial charge in [-0.1, -0.05) is 32.9 Å². The third-order valence-corrected chi connectivity index (χ3v) is 1.22. The van der Waals surface area contributed by atoms with Crippen molar-refractivity contribution in [3.05, 3.63) is 24.5 Å². The average Bonchev–Trinajstić information content (AvgIpc) is 2.03. The molecule has 0 saturated heterocycles. The molecule has 0 aliphatic rings. The molecule has 0 aromatic rings. The van der Waals surface area contributed by atoms with Crippen molar-refractivity contribution in [1.29, 1.82) is 0 Å². The van der Waals surface area contributed by atoms with Gasteiger partial charge in [0.05, 0.1) is 12.2 Å². The molecule has 12 heavy (non-hydrogen) atoms. The van der Waals surface area contributed by atoms with E-state index in [9.17, 15) is 4.79 Å². The van der Waals surface area contributed by atoms with Crippen LogP contribution in [0.4, 0.5) is 0 Å². The Hall–Kier alpha value is -1.05. The molecule has 0 N–H and O–H groups in total. The molecule has 0 aromatic carbocycles. The van der Waals surface area contributed by atoms with Gasteiger partial charge in [-0.25, -0.2) is 0 Å². The van der Waals surface area contributed by atoms with Crippen LogP contribution in [0.15, 0.2) is 24.5 Å². The van der Waals surface area contributed by atoms with Crippen LogP contribution < -0.4 is 0 Å². The van der Waals surface area contributed by atoms with E-state index < -0.39 is 0 Å². The zero-order valence-corrected chi connectivity index (χ0v) is 7.91. The zero-order chi connectivity index (χ0) is 9.40. The maximum Gasteiger partial charge on any atom is 0.313 e. The van der Waals surface area contributed by atoms with Gasteiger partial charge in [0.15, 0.2) is 0 Å². The van der Waals surface area contributed by atoms with E-state index in [4.69, 9.17) is 4.74 Å². The Morgan fingerprint density at radius 2 is 2.08 bits per heavy atom. The summed E-state index contributed by atoms with van der Waals surface area (Å²) in [4.78, 5) is 10.9. The Balaban J connectivity index is 3.60. The number of hydrogen-bond acceptors (Lipinski definition) is 2. The van der Waals surface area contributed by atoms with Crippen molar-refractivity contribution in [1.82, 2.24) is 0 Å². The molecule has 0 atom stereocenters. The molecule has 0 aliphatic heterocycles. The van der Waals surface area contributed by atoms with E-state index in [2.05, 4.69) is 0 Å². The molecule has 0 saturated carbocycles. The van der Waals surface area contributed by atoms with Crippen molar-refractivity contribution in [3.63, 3.8) is 0 Å². The summed E-state index contributed by atoms with van der Waals surface area (Å²) in [5, 5.41) is 0. The highest BCUT2D eigenvalue weighted by Gasteiger charge is 2.04. The number of rotatable bonds is 4. The monoisotopic (exact) mass is 168 g/mol. The van der Waals surface area contributed by atoms with E-state index in [0.717, 1.165) is 6.42 Å². The van der Waals surface area contributed by atoms with Crippen LogP contribution in [0, 0.1) is 5.92 Å². The third kappa shape index (κ3) is 5.71. The second-order valence-electron chi connectivity index (χ2n) is 2.76. The Kier molecular flexibility index (Phi) is 6.07. The Morgan fingerprint density at radius 1 is 1.42 bits per heavy atom. The fourth-order valence-electron chi connectivity index (χ4n) is 0.502. The molecule has 0 amide bonds. The van der Waals surface area contributed by atoms with Crippen molar-refractivity contribution in [2.75, 3.05) is 0 Å². The van der Waals surface area contributed by atoms with Crippen LogP contribution in [0.1, 0.15) is 27.2 Å². The molecule has 0 unspecified atom stereocenters. The number of carbonyl (C=O) groups is 1. The predicted molar refractivity (Wildman–Crippen MR) is 49.5 cm³/mol. The summed E-state index contributed by atoms with van der Waals surface area (Å²) in [5.74, 6) is -0.263. The first-order chi connectivity index (χ1) is 5.68. The summed E-state index contributed by atoms with van der Waals surface area (Å²) in [6, 6.07) is 0. The predicted octanol–water partition coefficient (Wildman–Crippen LogP) is 2.67. The molecule has 0 radical (unpaired) electrons. The van der Waals surface area contributed by atoms with E-state index in [1.807, 2.05) is 19.1 Å². The lowest BCUT2D eigenvalue weighted by Crippen LogP contribution is -2.07. The Morgan fingerprint density at radius 3 is 2.58 bits per heavy atom. The number of allylic oxidation sites excluding steroid dienone is 3. The average molecular weight is 168 g/mol. The highest BCUT2D eigenvalue weighted by atomic mass is 16.5. The summed E-state index contributed by atoms with van der Waals surface area (Å²) < 4.78 is 4.78. The highest BCUT2D eigenvalue weighted by Crippen LogP contribution is 1.95. The fourth-order valence-corrected chi connectivity index (χ4v) is 0.502. The number of carbonyl (C=O) groups excluding carboxylic acids is 1. The molecule has 0 spiro atoms. The van der Waals surface area contributed by atoms with Crippen molar-refractivity contribution in [2.24, 2.45) is 5.92 Å². The van der Waals surface area contributed by atoms with Crippen molar-refractivity contribution >= 4 is 5.97 Å². The molecule has 68 valence electrons. The molecule has 0 rings (SSSR count). The molecular weight excluding hydrogens is 152 g/mol. The maximum atomic E-state index is 10.9. The Labute approximate surface area is 73.9 Å². The van der Waals surface area contributed by atoms with Gasteiger partial charge >= 0.3 is 5.97 Å². The minimum atomic E-state index is -0.198. The van der Waals surface area contributed by atoms with Gasteiger partial charge in [-0.2, -0.15) is 0 Å². The van der Waals surface area contributed by atoms with Crippen molar-refractivity contribution < 1.29 is 9.53 Å². The molecule has 0 fully saturated rings. The number of ether oxygens (including phenoxy) is 1. The van der Waals surface area contributed by atoms with Crippen molar-refractivity contribution in [3.8, 4) is 0 Å². The van der Waals surface area contributed by atoms with Crippen LogP contribution in [0.25, 0.3) is 0 Å². The van der Waals surface area contributed by atoms with E-state index in [-0.39, 0.29) is 11.9 Å². The first kappa shape index (κ1) is 11.0. The largest absolute Gasteiger partial charge is 0.434 e. The first-order valence-electron chi connectivity index (χ1n) is 4.20. The number of hydrogen-bond donors (Lipinski definition) is 0. The van der Waals surface area contributed by atoms with Crippen LogP contribution in [-0.2, 0) is 9.53 Å². The van der Waals surface area contributed by atoms with Gasteiger partial charge in [0.25, 0.3) is 0 Å². The molecule has 0 aliphatic carbocycles. The highest BCUT2D eigenvalue weighted by molar-refractivity contribution is 5.72. The zero-order valence-electron chi connectivity index (χ0n) is 7.91. The van der Waals surface area contributed by atoms with Gasteiger partial charge in [-0.05, 0) is 12.5 Å². The summed E-state index contributed by atoms with van der Waals surface area (Å²) in [6.07, 6.45) is 7.95. The summed E-state index contributed by atoms with van der Waals surface area (Å²) in [6.45, 7) is 5.65. The van der Waals surface area contributed by atoms with Gasteiger partial charge < -0.3 is 4.74 Å². The van der Waals surface area contributed by atoms with Crippen LogP contribution in [-0.4, -0.2) is 5.97 Å². The van der Waals surface area contributed by atoms with Gasteiger partial charge in [-0.3, -0.25) is 4.79 Å². The minimum Gasteiger partial charge on any atom is -0.434 e. The molecule has 0 heterocycles. The van der Waals surface area contributed by atoms with E-state index in [1.165, 1.54) is 6.26 Å². The summed E-state index contributed by atoms with van der Waals surface area (Å²) in [5.41, 5.74) is 0.